The molecular weight excluding hydrogens is 258 g/mol. The molecule has 1 rings (SSSR count). The van der Waals surface area contributed by atoms with E-state index in [4.69, 9.17) is 9.52 Å². The van der Waals surface area contributed by atoms with Gasteiger partial charge in [-0.05, 0) is 13.0 Å². The van der Waals surface area contributed by atoms with Gasteiger partial charge in [-0.25, -0.2) is 13.6 Å². The van der Waals surface area contributed by atoms with Crippen molar-refractivity contribution in [3.05, 3.63) is 23.2 Å². The van der Waals surface area contributed by atoms with Gasteiger partial charge in [0.1, 0.15) is 17.1 Å². The zero-order valence-electron chi connectivity index (χ0n) is 9.34. The highest BCUT2D eigenvalue weighted by atomic mass is 19.3. The number of nitrogens with one attached hydrogen (secondary N) is 1. The van der Waals surface area contributed by atoms with Gasteiger partial charge in [-0.15, -0.1) is 0 Å². The van der Waals surface area contributed by atoms with Crippen LogP contribution >= 0.6 is 0 Å². The van der Waals surface area contributed by atoms with E-state index in [0.717, 1.165) is 6.07 Å². The van der Waals surface area contributed by atoms with E-state index in [-0.39, 0.29) is 23.6 Å². The van der Waals surface area contributed by atoms with Crippen LogP contribution in [0.1, 0.15) is 21.9 Å². The van der Waals surface area contributed by atoms with Crippen LogP contribution in [0.4, 0.5) is 17.6 Å². The van der Waals surface area contributed by atoms with Crippen molar-refractivity contribution in [1.29, 1.82) is 0 Å². The van der Waals surface area contributed by atoms with Gasteiger partial charge in [0.2, 0.25) is 0 Å². The average molecular weight is 269 g/mol. The first-order valence-corrected chi connectivity index (χ1v) is 4.93. The molecule has 0 radical (unpaired) electrons. The van der Waals surface area contributed by atoms with Crippen LogP contribution in [0.25, 0.3) is 0 Å². The predicted molar refractivity (Wildman–Crippen MR) is 53.1 cm³/mol. The molecule has 0 amide bonds. The molecule has 0 atom stereocenters. The third kappa shape index (κ3) is 3.46. The molecule has 0 spiro atoms. The summed E-state index contributed by atoms with van der Waals surface area (Å²) in [5.41, 5.74) is -0.0904. The topological polar surface area (TPSA) is 62.5 Å². The van der Waals surface area contributed by atoms with Crippen molar-refractivity contribution in [2.45, 2.75) is 25.8 Å². The molecular formula is C10H11F4NO3. The third-order valence-corrected chi connectivity index (χ3v) is 2.18. The maximum atomic E-state index is 12.5. The number of carbonyl (C=O) groups is 1. The lowest BCUT2D eigenvalue weighted by molar-refractivity contribution is -0.125. The summed E-state index contributed by atoms with van der Waals surface area (Å²) in [4.78, 5) is 10.7. The molecule has 0 aliphatic carbocycles. The van der Waals surface area contributed by atoms with Gasteiger partial charge in [0, 0.05) is 0 Å². The van der Waals surface area contributed by atoms with E-state index in [1.54, 1.807) is 0 Å². The van der Waals surface area contributed by atoms with Gasteiger partial charge in [0.05, 0.1) is 13.1 Å². The summed E-state index contributed by atoms with van der Waals surface area (Å²) in [5, 5.41) is 10.8. The number of carboxylic acid groups (broad SMARTS) is 1. The third-order valence-electron chi connectivity index (χ3n) is 2.18. The molecule has 1 aromatic rings. The van der Waals surface area contributed by atoms with Crippen LogP contribution < -0.4 is 5.32 Å². The monoisotopic (exact) mass is 269 g/mol. The van der Waals surface area contributed by atoms with E-state index in [2.05, 4.69) is 5.32 Å². The summed E-state index contributed by atoms with van der Waals surface area (Å²) < 4.78 is 53.7. The van der Waals surface area contributed by atoms with Gasteiger partial charge < -0.3 is 14.8 Å². The quantitative estimate of drug-likeness (QED) is 0.778. The van der Waals surface area contributed by atoms with Crippen LogP contribution in [0.3, 0.4) is 0 Å². The van der Waals surface area contributed by atoms with E-state index in [0.29, 0.717) is 0 Å². The highest BCUT2D eigenvalue weighted by Gasteiger charge is 2.40. The van der Waals surface area contributed by atoms with E-state index in [9.17, 15) is 22.4 Å². The molecule has 4 nitrogen and oxygen atoms in total. The molecule has 0 saturated heterocycles. The van der Waals surface area contributed by atoms with E-state index < -0.39 is 24.9 Å². The minimum atomic E-state index is -4.13. The average Bonchev–Trinajstić information content (AvgIpc) is 2.59. The minimum absolute atomic E-state index is 0.0904. The maximum Gasteiger partial charge on any atom is 0.339 e. The Morgan fingerprint density at radius 1 is 1.56 bits per heavy atom. The minimum Gasteiger partial charge on any atom is -0.478 e. The van der Waals surface area contributed by atoms with Crippen molar-refractivity contribution in [3.63, 3.8) is 0 Å². The first-order chi connectivity index (χ1) is 8.24. The summed E-state index contributed by atoms with van der Waals surface area (Å²) in [6.45, 7) is -0.0655. The Morgan fingerprint density at radius 2 is 2.17 bits per heavy atom. The van der Waals surface area contributed by atoms with E-state index in [1.165, 1.54) is 6.92 Å². The largest absolute Gasteiger partial charge is 0.478 e. The van der Waals surface area contributed by atoms with Crippen LogP contribution in [0, 0.1) is 6.92 Å². The lowest BCUT2D eigenvalue weighted by atomic mass is 10.2. The molecule has 0 aliphatic heterocycles. The second kappa shape index (κ2) is 5.38. The van der Waals surface area contributed by atoms with Gasteiger partial charge in [-0.2, -0.15) is 8.78 Å². The lowest BCUT2D eigenvalue weighted by Crippen LogP contribution is -2.38. The number of hydrogen-bond acceptors (Lipinski definition) is 3. The molecule has 0 bridgehead atoms. The van der Waals surface area contributed by atoms with Crippen LogP contribution in [-0.4, -0.2) is 30.0 Å². The van der Waals surface area contributed by atoms with Gasteiger partial charge in [0.25, 0.3) is 0 Å². The second-order valence-electron chi connectivity index (χ2n) is 3.65. The maximum absolute atomic E-state index is 12.5. The summed E-state index contributed by atoms with van der Waals surface area (Å²) in [6.07, 6.45) is -3.75. The van der Waals surface area contributed by atoms with Gasteiger partial charge in [-0.1, -0.05) is 0 Å². The molecule has 1 heterocycles. The van der Waals surface area contributed by atoms with Crippen molar-refractivity contribution >= 4 is 5.97 Å². The lowest BCUT2D eigenvalue weighted by Gasteiger charge is -2.15. The van der Waals surface area contributed by atoms with Crippen LogP contribution in [0.15, 0.2) is 10.5 Å². The number of halogens is 4. The predicted octanol–water partition coefficient (Wildman–Crippen LogP) is 2.28. The SMILES string of the molecule is Cc1oc(CNCC(F)(F)C(F)F)cc1C(=O)O. The molecule has 8 heteroatoms. The standard InChI is InChI=1S/C10H11F4NO3/c1-5-7(8(16)17)2-6(18-5)3-15-4-10(13,14)9(11)12/h2,9,15H,3-4H2,1H3,(H,16,17). The Labute approximate surface area is 99.6 Å². The smallest absolute Gasteiger partial charge is 0.339 e. The zero-order valence-corrected chi connectivity index (χ0v) is 9.34. The van der Waals surface area contributed by atoms with Gasteiger partial charge in [0.15, 0.2) is 0 Å². The van der Waals surface area contributed by atoms with Gasteiger partial charge in [-0.3, -0.25) is 0 Å². The fourth-order valence-electron chi connectivity index (χ4n) is 1.27. The number of rotatable bonds is 6. The molecule has 0 fully saturated rings. The molecule has 0 saturated carbocycles. The van der Waals surface area contributed by atoms with E-state index in [1.807, 2.05) is 0 Å². The zero-order chi connectivity index (χ0) is 13.9. The van der Waals surface area contributed by atoms with Crippen molar-refractivity contribution in [2.75, 3.05) is 6.54 Å². The highest BCUT2D eigenvalue weighted by Crippen LogP contribution is 2.22. The van der Waals surface area contributed by atoms with Gasteiger partial charge >= 0.3 is 18.3 Å². The normalized spacial score (nSPS) is 12.1. The molecule has 0 aromatic carbocycles. The number of aryl methyl sites for hydroxylation is 1. The van der Waals surface area contributed by atoms with E-state index >= 15 is 0 Å². The Hall–Kier alpha value is -1.57. The summed E-state index contributed by atoms with van der Waals surface area (Å²) >= 11 is 0. The summed E-state index contributed by atoms with van der Waals surface area (Å²) in [5.74, 6) is -5.12. The van der Waals surface area contributed by atoms with Crippen molar-refractivity contribution < 1.29 is 31.9 Å². The van der Waals surface area contributed by atoms with Crippen molar-refractivity contribution in [1.82, 2.24) is 5.32 Å². The number of alkyl halides is 4. The highest BCUT2D eigenvalue weighted by molar-refractivity contribution is 5.88. The number of hydrogen-bond donors (Lipinski definition) is 2. The summed E-state index contributed by atoms with van der Waals surface area (Å²) in [6, 6.07) is 1.16. The molecule has 1 aromatic heterocycles. The molecule has 2 N–H and O–H groups in total. The number of carboxylic acids is 1. The molecule has 0 aliphatic rings. The first-order valence-electron chi connectivity index (χ1n) is 4.93. The van der Waals surface area contributed by atoms with Crippen LogP contribution in [-0.2, 0) is 6.54 Å². The van der Waals surface area contributed by atoms with Crippen LogP contribution in [0.5, 0.6) is 0 Å². The Kier molecular flexibility index (Phi) is 4.33. The first kappa shape index (κ1) is 14.5. The molecule has 102 valence electrons. The van der Waals surface area contributed by atoms with Crippen molar-refractivity contribution in [2.24, 2.45) is 0 Å². The number of furan rings is 1. The Morgan fingerprint density at radius 3 is 2.61 bits per heavy atom. The summed E-state index contributed by atoms with van der Waals surface area (Å²) in [7, 11) is 0. The second-order valence-corrected chi connectivity index (χ2v) is 3.65. The Bertz CT molecular complexity index is 431. The fourth-order valence-corrected chi connectivity index (χ4v) is 1.27. The molecule has 18 heavy (non-hydrogen) atoms. The fraction of sp³-hybridized carbons (Fsp3) is 0.500. The Balaban J connectivity index is 2.55. The van der Waals surface area contributed by atoms with Crippen LogP contribution in [0.2, 0.25) is 0 Å². The number of aromatic carboxylic acids is 1. The molecule has 0 unspecified atom stereocenters. The van der Waals surface area contributed by atoms with Crippen molar-refractivity contribution in [3.8, 4) is 0 Å².